The van der Waals surface area contributed by atoms with Gasteiger partial charge in [-0.05, 0) is 36.4 Å². The molecule has 0 aromatic heterocycles. The fraction of sp³-hybridized carbons (Fsp3) is 0.571. The van der Waals surface area contributed by atoms with Crippen molar-refractivity contribution in [1.29, 1.82) is 0 Å². The highest BCUT2D eigenvalue weighted by Gasteiger charge is 2.21. The predicted molar refractivity (Wildman–Crippen MR) is 66.3 cm³/mol. The van der Waals surface area contributed by atoms with Crippen molar-refractivity contribution in [3.8, 4) is 0 Å². The molecule has 1 N–H and O–H groups in total. The van der Waals surface area contributed by atoms with Crippen LogP contribution in [-0.2, 0) is 13.0 Å². The van der Waals surface area contributed by atoms with Crippen molar-refractivity contribution in [2.24, 2.45) is 5.92 Å². The van der Waals surface area contributed by atoms with Crippen LogP contribution in [0.15, 0.2) is 24.3 Å². The molecule has 1 aliphatic rings. The van der Waals surface area contributed by atoms with Gasteiger partial charge in [0.15, 0.2) is 0 Å². The standard InChI is InChI=1S/C14H21NO/c1-2-13-5-3-4-6-14(13)10-15-8-7-12(9-15)11-16/h3-6,12,16H,2,7-11H2,1H3. The van der Waals surface area contributed by atoms with Crippen LogP contribution in [-0.4, -0.2) is 29.7 Å². The first-order chi connectivity index (χ1) is 7.83. The summed E-state index contributed by atoms with van der Waals surface area (Å²) in [7, 11) is 0. The van der Waals surface area contributed by atoms with Gasteiger partial charge in [0, 0.05) is 19.7 Å². The number of benzene rings is 1. The maximum Gasteiger partial charge on any atom is 0.0471 e. The first-order valence-electron chi connectivity index (χ1n) is 6.23. The molecule has 0 radical (unpaired) electrons. The van der Waals surface area contributed by atoms with E-state index in [1.807, 2.05) is 0 Å². The zero-order valence-electron chi connectivity index (χ0n) is 10.0. The molecular formula is C14H21NO. The van der Waals surface area contributed by atoms with Crippen LogP contribution >= 0.6 is 0 Å². The minimum atomic E-state index is 0.339. The van der Waals surface area contributed by atoms with E-state index in [2.05, 4.69) is 36.1 Å². The number of nitrogens with zero attached hydrogens (tertiary/aromatic N) is 1. The number of aryl methyl sites for hydroxylation is 1. The first kappa shape index (κ1) is 11.6. The zero-order chi connectivity index (χ0) is 11.4. The molecule has 1 fully saturated rings. The highest BCUT2D eigenvalue weighted by atomic mass is 16.3. The Morgan fingerprint density at radius 2 is 2.06 bits per heavy atom. The predicted octanol–water partition coefficient (Wildman–Crippen LogP) is 2.06. The molecular weight excluding hydrogens is 198 g/mol. The van der Waals surface area contributed by atoms with Crippen molar-refractivity contribution in [3.05, 3.63) is 35.4 Å². The molecule has 88 valence electrons. The maximum atomic E-state index is 9.12. The van der Waals surface area contributed by atoms with Crippen molar-refractivity contribution in [1.82, 2.24) is 4.90 Å². The van der Waals surface area contributed by atoms with Crippen LogP contribution < -0.4 is 0 Å². The van der Waals surface area contributed by atoms with Crippen LogP contribution in [0.25, 0.3) is 0 Å². The third kappa shape index (κ3) is 2.63. The molecule has 2 nitrogen and oxygen atoms in total. The molecule has 1 heterocycles. The smallest absolute Gasteiger partial charge is 0.0471 e. The molecule has 0 aliphatic carbocycles. The van der Waals surface area contributed by atoms with E-state index in [1.165, 1.54) is 11.1 Å². The van der Waals surface area contributed by atoms with Gasteiger partial charge in [0.2, 0.25) is 0 Å². The Morgan fingerprint density at radius 3 is 2.69 bits per heavy atom. The van der Waals surface area contributed by atoms with E-state index in [4.69, 9.17) is 5.11 Å². The van der Waals surface area contributed by atoms with Gasteiger partial charge in [0.05, 0.1) is 0 Å². The number of rotatable bonds is 4. The van der Waals surface area contributed by atoms with Crippen molar-refractivity contribution >= 4 is 0 Å². The average molecular weight is 219 g/mol. The Balaban J connectivity index is 1.99. The van der Waals surface area contributed by atoms with Crippen molar-refractivity contribution in [3.63, 3.8) is 0 Å². The Bertz CT molecular complexity index is 337. The van der Waals surface area contributed by atoms with Crippen molar-refractivity contribution in [2.75, 3.05) is 19.7 Å². The quantitative estimate of drug-likeness (QED) is 0.838. The summed E-state index contributed by atoms with van der Waals surface area (Å²) >= 11 is 0. The molecule has 2 rings (SSSR count). The summed E-state index contributed by atoms with van der Waals surface area (Å²) in [5.74, 6) is 0.494. The summed E-state index contributed by atoms with van der Waals surface area (Å²) in [5, 5.41) is 9.12. The molecule has 0 bridgehead atoms. The molecule has 2 heteroatoms. The summed E-state index contributed by atoms with van der Waals surface area (Å²) in [6, 6.07) is 8.68. The second-order valence-electron chi connectivity index (χ2n) is 4.69. The Labute approximate surface area is 97.9 Å². The summed E-state index contributed by atoms with van der Waals surface area (Å²) in [6.45, 7) is 5.77. The van der Waals surface area contributed by atoms with Crippen molar-refractivity contribution in [2.45, 2.75) is 26.3 Å². The van der Waals surface area contributed by atoms with Gasteiger partial charge in [-0.25, -0.2) is 0 Å². The van der Waals surface area contributed by atoms with Crippen LogP contribution in [0.1, 0.15) is 24.5 Å². The second kappa shape index (κ2) is 5.46. The molecule has 1 aromatic rings. The average Bonchev–Trinajstić information content (AvgIpc) is 2.77. The minimum Gasteiger partial charge on any atom is -0.396 e. The Morgan fingerprint density at radius 1 is 1.31 bits per heavy atom. The maximum absolute atomic E-state index is 9.12. The molecule has 0 saturated carbocycles. The van der Waals surface area contributed by atoms with Crippen LogP contribution in [0.3, 0.4) is 0 Å². The van der Waals surface area contributed by atoms with Gasteiger partial charge in [0.25, 0.3) is 0 Å². The lowest BCUT2D eigenvalue weighted by atomic mass is 10.1. The van der Waals surface area contributed by atoms with Crippen LogP contribution in [0.2, 0.25) is 0 Å². The number of aliphatic hydroxyl groups excluding tert-OH is 1. The van der Waals surface area contributed by atoms with Gasteiger partial charge in [-0.15, -0.1) is 0 Å². The van der Waals surface area contributed by atoms with Crippen LogP contribution in [0.5, 0.6) is 0 Å². The molecule has 0 spiro atoms. The molecule has 1 aromatic carbocycles. The van der Waals surface area contributed by atoms with E-state index in [1.54, 1.807) is 0 Å². The molecule has 0 amide bonds. The third-order valence-electron chi connectivity index (χ3n) is 3.52. The van der Waals surface area contributed by atoms with Gasteiger partial charge in [0.1, 0.15) is 0 Å². The summed E-state index contributed by atoms with van der Waals surface area (Å²) in [5.41, 5.74) is 2.90. The fourth-order valence-corrected chi connectivity index (χ4v) is 2.50. The number of hydrogen-bond acceptors (Lipinski definition) is 2. The minimum absolute atomic E-state index is 0.339. The lowest BCUT2D eigenvalue weighted by Crippen LogP contribution is -2.21. The van der Waals surface area contributed by atoms with Gasteiger partial charge in [-0.3, -0.25) is 4.90 Å². The highest BCUT2D eigenvalue weighted by Crippen LogP contribution is 2.19. The van der Waals surface area contributed by atoms with Crippen LogP contribution in [0.4, 0.5) is 0 Å². The largest absolute Gasteiger partial charge is 0.396 e. The van der Waals surface area contributed by atoms with E-state index in [0.29, 0.717) is 12.5 Å². The molecule has 1 saturated heterocycles. The molecule has 1 aliphatic heterocycles. The number of aliphatic hydroxyl groups is 1. The summed E-state index contributed by atoms with van der Waals surface area (Å²) in [4.78, 5) is 2.45. The SMILES string of the molecule is CCc1ccccc1CN1CCC(CO)C1. The first-order valence-corrected chi connectivity index (χ1v) is 6.23. The van der Waals surface area contributed by atoms with Gasteiger partial charge in [-0.1, -0.05) is 31.2 Å². The molecule has 1 unspecified atom stereocenters. The summed E-state index contributed by atoms with van der Waals surface area (Å²) in [6.07, 6.45) is 2.25. The van der Waals surface area contributed by atoms with E-state index in [-0.39, 0.29) is 0 Å². The third-order valence-corrected chi connectivity index (χ3v) is 3.52. The zero-order valence-corrected chi connectivity index (χ0v) is 10.0. The summed E-state index contributed by atoms with van der Waals surface area (Å²) < 4.78 is 0. The van der Waals surface area contributed by atoms with E-state index < -0.39 is 0 Å². The Kier molecular flexibility index (Phi) is 3.97. The van der Waals surface area contributed by atoms with Crippen LogP contribution in [0, 0.1) is 5.92 Å². The normalized spacial score (nSPS) is 21.5. The van der Waals surface area contributed by atoms with Crippen molar-refractivity contribution < 1.29 is 5.11 Å². The van der Waals surface area contributed by atoms with Gasteiger partial charge >= 0.3 is 0 Å². The van der Waals surface area contributed by atoms with E-state index >= 15 is 0 Å². The monoisotopic (exact) mass is 219 g/mol. The second-order valence-corrected chi connectivity index (χ2v) is 4.69. The molecule has 1 atom stereocenters. The van der Waals surface area contributed by atoms with Gasteiger partial charge < -0.3 is 5.11 Å². The van der Waals surface area contributed by atoms with E-state index in [9.17, 15) is 0 Å². The topological polar surface area (TPSA) is 23.5 Å². The number of hydrogen-bond donors (Lipinski definition) is 1. The molecule has 16 heavy (non-hydrogen) atoms. The Hall–Kier alpha value is -0.860. The lowest BCUT2D eigenvalue weighted by Gasteiger charge is -2.17. The fourth-order valence-electron chi connectivity index (χ4n) is 2.50. The highest BCUT2D eigenvalue weighted by molar-refractivity contribution is 5.27. The van der Waals surface area contributed by atoms with Gasteiger partial charge in [-0.2, -0.15) is 0 Å². The number of likely N-dealkylation sites (tertiary alicyclic amines) is 1. The lowest BCUT2D eigenvalue weighted by molar-refractivity contribution is 0.220. The van der Waals surface area contributed by atoms with E-state index in [0.717, 1.165) is 32.5 Å².